The molecule has 1 saturated heterocycles. The van der Waals surface area contributed by atoms with Crippen LogP contribution in [0.5, 0.6) is 0 Å². The third-order valence-electron chi connectivity index (χ3n) is 1.96. The van der Waals surface area contributed by atoms with E-state index in [1.54, 1.807) is 6.92 Å². The molecule has 0 unspecified atom stereocenters. The Morgan fingerprint density at radius 1 is 1.70 bits per heavy atom. The van der Waals surface area contributed by atoms with Crippen LogP contribution in [-0.4, -0.2) is 17.9 Å². The highest BCUT2D eigenvalue weighted by molar-refractivity contribution is 5.81. The summed E-state index contributed by atoms with van der Waals surface area (Å²) in [5.74, 6) is 0.240. The van der Waals surface area contributed by atoms with Crippen LogP contribution in [0.15, 0.2) is 12.7 Å². The van der Waals surface area contributed by atoms with E-state index in [-0.39, 0.29) is 11.8 Å². The molecule has 2 heteroatoms. The number of hydrogen-bond donors (Lipinski definition) is 1. The van der Waals surface area contributed by atoms with Crippen molar-refractivity contribution >= 4 is 5.78 Å². The Hall–Kier alpha value is -0.630. The molecule has 0 aromatic rings. The Labute approximate surface area is 61.3 Å². The molecule has 0 aromatic heterocycles. The summed E-state index contributed by atoms with van der Waals surface area (Å²) in [6.45, 7) is 5.29. The van der Waals surface area contributed by atoms with Gasteiger partial charge in [0, 0.05) is 6.04 Å². The van der Waals surface area contributed by atoms with Gasteiger partial charge in [-0.3, -0.25) is 4.79 Å². The van der Waals surface area contributed by atoms with Gasteiger partial charge >= 0.3 is 0 Å². The summed E-state index contributed by atoms with van der Waals surface area (Å²) in [5.41, 5.74) is 0. The number of Topliss-reactive ketones (excluding diaryl/α,β-unsaturated/α-hetero) is 1. The monoisotopic (exact) mass is 139 g/mol. The van der Waals surface area contributed by atoms with Gasteiger partial charge in [-0.05, 0) is 19.8 Å². The Bertz CT molecular complexity index is 153. The number of rotatable bonds is 2. The van der Waals surface area contributed by atoms with Crippen molar-refractivity contribution < 1.29 is 4.79 Å². The molecule has 2 atom stereocenters. The summed E-state index contributed by atoms with van der Waals surface area (Å²) in [4.78, 5) is 10.8. The number of carbonyl (C=O) groups is 1. The lowest BCUT2D eigenvalue weighted by Crippen LogP contribution is -2.32. The molecule has 10 heavy (non-hydrogen) atoms. The molecule has 0 saturated carbocycles. The summed E-state index contributed by atoms with van der Waals surface area (Å²) in [7, 11) is 0. The summed E-state index contributed by atoms with van der Waals surface area (Å²) in [6.07, 6.45) is 3.88. The lowest BCUT2D eigenvalue weighted by atomic mass is 10.1. The van der Waals surface area contributed by atoms with E-state index in [0.717, 1.165) is 12.8 Å². The Kier molecular flexibility index (Phi) is 2.22. The van der Waals surface area contributed by atoms with Gasteiger partial charge in [-0.15, -0.1) is 6.58 Å². The van der Waals surface area contributed by atoms with Crippen molar-refractivity contribution in [3.05, 3.63) is 12.7 Å². The second kappa shape index (κ2) is 2.97. The van der Waals surface area contributed by atoms with Crippen LogP contribution in [0.3, 0.4) is 0 Å². The van der Waals surface area contributed by atoms with Crippen molar-refractivity contribution in [1.29, 1.82) is 0 Å². The summed E-state index contributed by atoms with van der Waals surface area (Å²) < 4.78 is 0. The van der Waals surface area contributed by atoms with E-state index in [9.17, 15) is 4.79 Å². The first-order chi connectivity index (χ1) is 4.74. The second-order valence-electron chi connectivity index (χ2n) is 2.75. The maximum Gasteiger partial charge on any atom is 0.146 e. The number of nitrogens with one attached hydrogen (secondary N) is 1. The first-order valence-electron chi connectivity index (χ1n) is 3.63. The average Bonchev–Trinajstić information content (AvgIpc) is 2.34. The topological polar surface area (TPSA) is 29.1 Å². The maximum atomic E-state index is 10.8. The van der Waals surface area contributed by atoms with Crippen LogP contribution in [-0.2, 0) is 4.79 Å². The van der Waals surface area contributed by atoms with Crippen molar-refractivity contribution in [1.82, 2.24) is 5.32 Å². The first kappa shape index (κ1) is 7.48. The Balaban J connectivity index is 2.42. The highest BCUT2D eigenvalue weighted by Crippen LogP contribution is 2.12. The van der Waals surface area contributed by atoms with Crippen molar-refractivity contribution in [2.45, 2.75) is 31.8 Å². The molecule has 1 aliphatic heterocycles. The first-order valence-corrected chi connectivity index (χ1v) is 3.63. The van der Waals surface area contributed by atoms with Crippen LogP contribution in [0, 0.1) is 0 Å². The van der Waals surface area contributed by atoms with Gasteiger partial charge in [-0.1, -0.05) is 6.08 Å². The minimum absolute atomic E-state index is 0.0861. The van der Waals surface area contributed by atoms with E-state index in [0.29, 0.717) is 6.04 Å². The molecule has 1 N–H and O–H groups in total. The van der Waals surface area contributed by atoms with E-state index in [1.165, 1.54) is 0 Å². The van der Waals surface area contributed by atoms with Gasteiger partial charge in [0.2, 0.25) is 0 Å². The lowest BCUT2D eigenvalue weighted by Gasteiger charge is -2.06. The maximum absolute atomic E-state index is 10.8. The highest BCUT2D eigenvalue weighted by atomic mass is 16.1. The molecule has 0 aliphatic carbocycles. The molecule has 0 amide bonds. The van der Waals surface area contributed by atoms with Gasteiger partial charge in [-0.2, -0.15) is 0 Å². The van der Waals surface area contributed by atoms with Gasteiger partial charge < -0.3 is 5.32 Å². The minimum Gasteiger partial charge on any atom is -0.301 e. The third kappa shape index (κ3) is 1.45. The Morgan fingerprint density at radius 3 is 2.70 bits per heavy atom. The van der Waals surface area contributed by atoms with Gasteiger partial charge in [0.05, 0.1) is 6.04 Å². The fourth-order valence-electron chi connectivity index (χ4n) is 1.28. The van der Waals surface area contributed by atoms with Crippen LogP contribution in [0.25, 0.3) is 0 Å². The molecular formula is C8H13NO. The predicted molar refractivity (Wildman–Crippen MR) is 40.8 cm³/mol. The standard InChI is InChI=1S/C8H13NO/c1-3-7-4-5-8(9-7)6(2)10/h3,7-9H,1,4-5H2,2H3/t7-,8+/m1/s1. The van der Waals surface area contributed by atoms with Crippen LogP contribution in [0.4, 0.5) is 0 Å². The smallest absolute Gasteiger partial charge is 0.146 e. The average molecular weight is 139 g/mol. The molecule has 1 fully saturated rings. The van der Waals surface area contributed by atoms with Gasteiger partial charge in [0.15, 0.2) is 0 Å². The summed E-state index contributed by atoms with van der Waals surface area (Å²) >= 11 is 0. The Morgan fingerprint density at radius 2 is 2.40 bits per heavy atom. The van der Waals surface area contributed by atoms with E-state index in [2.05, 4.69) is 11.9 Å². The third-order valence-corrected chi connectivity index (χ3v) is 1.96. The van der Waals surface area contributed by atoms with Gasteiger partial charge in [-0.25, -0.2) is 0 Å². The van der Waals surface area contributed by atoms with E-state index >= 15 is 0 Å². The fourth-order valence-corrected chi connectivity index (χ4v) is 1.28. The molecule has 1 aliphatic rings. The van der Waals surface area contributed by atoms with Crippen molar-refractivity contribution in [2.24, 2.45) is 0 Å². The zero-order chi connectivity index (χ0) is 7.56. The SMILES string of the molecule is C=C[C@@H]1CC[C@@H](C(C)=O)N1. The van der Waals surface area contributed by atoms with E-state index < -0.39 is 0 Å². The van der Waals surface area contributed by atoms with E-state index in [4.69, 9.17) is 0 Å². The van der Waals surface area contributed by atoms with Gasteiger partial charge in [0.25, 0.3) is 0 Å². The van der Waals surface area contributed by atoms with Crippen molar-refractivity contribution in [3.8, 4) is 0 Å². The van der Waals surface area contributed by atoms with Gasteiger partial charge in [0.1, 0.15) is 5.78 Å². The molecule has 0 spiro atoms. The predicted octanol–water partition coefficient (Wildman–Crippen LogP) is 0.882. The zero-order valence-electron chi connectivity index (χ0n) is 6.26. The molecule has 0 radical (unpaired) electrons. The molecule has 1 heterocycles. The molecular weight excluding hydrogens is 126 g/mol. The molecule has 56 valence electrons. The normalized spacial score (nSPS) is 32.1. The van der Waals surface area contributed by atoms with Crippen LogP contribution < -0.4 is 5.32 Å². The fraction of sp³-hybridized carbons (Fsp3) is 0.625. The van der Waals surface area contributed by atoms with E-state index in [1.807, 2.05) is 6.08 Å². The molecule has 0 bridgehead atoms. The van der Waals surface area contributed by atoms with Crippen LogP contribution in [0.2, 0.25) is 0 Å². The molecule has 0 aromatic carbocycles. The molecule has 1 rings (SSSR count). The molecule has 2 nitrogen and oxygen atoms in total. The van der Waals surface area contributed by atoms with Crippen molar-refractivity contribution in [3.63, 3.8) is 0 Å². The largest absolute Gasteiger partial charge is 0.301 e. The number of ketones is 1. The summed E-state index contributed by atoms with van der Waals surface area (Å²) in [6, 6.07) is 0.442. The minimum atomic E-state index is 0.0861. The van der Waals surface area contributed by atoms with Crippen molar-refractivity contribution in [2.75, 3.05) is 0 Å². The van der Waals surface area contributed by atoms with Crippen LogP contribution >= 0.6 is 0 Å². The number of carbonyl (C=O) groups excluding carboxylic acids is 1. The van der Waals surface area contributed by atoms with Crippen LogP contribution in [0.1, 0.15) is 19.8 Å². The zero-order valence-corrected chi connectivity index (χ0v) is 6.26. The number of hydrogen-bond acceptors (Lipinski definition) is 2. The summed E-state index contributed by atoms with van der Waals surface area (Å²) in [5, 5.41) is 3.17. The lowest BCUT2D eigenvalue weighted by molar-refractivity contribution is -0.118. The quantitative estimate of drug-likeness (QED) is 0.575. The highest BCUT2D eigenvalue weighted by Gasteiger charge is 2.23. The second-order valence-corrected chi connectivity index (χ2v) is 2.75.